The van der Waals surface area contributed by atoms with Crippen molar-refractivity contribution in [1.82, 2.24) is 24.5 Å². The number of rotatable bonds is 4. The van der Waals surface area contributed by atoms with E-state index in [1.807, 2.05) is 25.4 Å². The van der Waals surface area contributed by atoms with E-state index in [4.69, 9.17) is 0 Å². The van der Waals surface area contributed by atoms with E-state index in [-0.39, 0.29) is 11.6 Å². The first kappa shape index (κ1) is 20.2. The lowest BCUT2D eigenvalue weighted by Crippen LogP contribution is -2.51. The number of benzene rings is 1. The van der Waals surface area contributed by atoms with E-state index in [1.54, 1.807) is 28.4 Å². The van der Waals surface area contributed by atoms with E-state index in [9.17, 15) is 9.18 Å². The number of hydrogen-bond acceptors (Lipinski definition) is 5. The van der Waals surface area contributed by atoms with Gasteiger partial charge >= 0.3 is 0 Å². The third-order valence-electron chi connectivity index (χ3n) is 6.63. The molecule has 0 spiro atoms. The highest BCUT2D eigenvalue weighted by atomic mass is 19.1. The first-order valence-corrected chi connectivity index (χ1v) is 11.4. The van der Waals surface area contributed by atoms with Gasteiger partial charge in [-0.1, -0.05) is 0 Å². The average molecular weight is 448 g/mol. The normalized spacial score (nSPS) is 18.9. The van der Waals surface area contributed by atoms with Crippen molar-refractivity contribution in [2.75, 3.05) is 29.9 Å². The summed E-state index contributed by atoms with van der Waals surface area (Å²) in [5.41, 5.74) is 3.52. The van der Waals surface area contributed by atoms with E-state index >= 15 is 0 Å². The molecular weight excluding hydrogens is 421 g/mol. The number of halogens is 1. The van der Waals surface area contributed by atoms with E-state index in [0.717, 1.165) is 36.6 Å². The minimum absolute atomic E-state index is 0.238. The molecule has 1 aliphatic carbocycles. The number of nitrogens with one attached hydrogen (secondary N) is 2. The second-order valence-electron chi connectivity index (χ2n) is 9.19. The quantitative estimate of drug-likeness (QED) is 0.503. The van der Waals surface area contributed by atoms with Gasteiger partial charge in [0.25, 0.3) is 5.91 Å². The molecule has 1 amide bonds. The molecule has 1 aliphatic heterocycles. The Morgan fingerprint density at radius 3 is 2.91 bits per heavy atom. The van der Waals surface area contributed by atoms with Gasteiger partial charge in [-0.2, -0.15) is 5.10 Å². The van der Waals surface area contributed by atoms with Gasteiger partial charge in [-0.3, -0.25) is 9.48 Å². The molecule has 0 radical (unpaired) electrons. The number of piperazine rings is 1. The molecule has 170 valence electrons. The van der Waals surface area contributed by atoms with Gasteiger partial charge < -0.3 is 19.9 Å². The van der Waals surface area contributed by atoms with Crippen LogP contribution in [0.5, 0.6) is 0 Å². The fourth-order valence-electron chi connectivity index (χ4n) is 4.92. The lowest BCUT2D eigenvalue weighted by Gasteiger charge is -2.36. The molecule has 2 aliphatic rings. The number of anilines is 2. The smallest absolute Gasteiger partial charge is 0.257 e. The molecule has 0 unspecified atom stereocenters. The fraction of sp³-hybridized carbons (Fsp3) is 0.375. The van der Waals surface area contributed by atoms with Crippen LogP contribution in [0.4, 0.5) is 15.8 Å². The summed E-state index contributed by atoms with van der Waals surface area (Å²) in [7, 11) is 1.86. The van der Waals surface area contributed by atoms with Crippen LogP contribution in [0, 0.1) is 18.7 Å². The van der Waals surface area contributed by atoms with Gasteiger partial charge in [-0.25, -0.2) is 9.37 Å². The van der Waals surface area contributed by atoms with E-state index in [1.165, 1.54) is 18.9 Å². The second kappa shape index (κ2) is 7.55. The highest BCUT2D eigenvalue weighted by Crippen LogP contribution is 2.36. The number of aromatic nitrogens is 4. The maximum Gasteiger partial charge on any atom is 0.257 e. The Morgan fingerprint density at radius 2 is 2.09 bits per heavy atom. The second-order valence-corrected chi connectivity index (χ2v) is 9.19. The zero-order chi connectivity index (χ0) is 22.7. The molecule has 3 aromatic heterocycles. The fourth-order valence-corrected chi connectivity index (χ4v) is 4.92. The van der Waals surface area contributed by atoms with E-state index in [2.05, 4.69) is 25.6 Å². The number of imidazole rings is 1. The summed E-state index contributed by atoms with van der Waals surface area (Å²) in [6.45, 7) is 4.63. The summed E-state index contributed by atoms with van der Waals surface area (Å²) in [4.78, 5) is 19.8. The lowest BCUT2D eigenvalue weighted by molar-refractivity contribution is 0.102. The average Bonchev–Trinajstić information content (AvgIpc) is 3.46. The molecule has 1 aromatic carbocycles. The van der Waals surface area contributed by atoms with Crippen LogP contribution in [0.1, 0.15) is 28.9 Å². The number of aryl methyl sites for hydroxylation is 2. The summed E-state index contributed by atoms with van der Waals surface area (Å²) in [5.74, 6) is -0.0283. The monoisotopic (exact) mass is 447 g/mol. The molecule has 1 atom stereocenters. The molecule has 4 heterocycles. The third kappa shape index (κ3) is 3.62. The maximum atomic E-state index is 14.5. The largest absolute Gasteiger partial charge is 0.368 e. The molecule has 1 saturated carbocycles. The van der Waals surface area contributed by atoms with Crippen molar-refractivity contribution in [3.8, 4) is 0 Å². The topological polar surface area (TPSA) is 79.5 Å². The number of pyridine rings is 1. The molecule has 1 saturated heterocycles. The van der Waals surface area contributed by atoms with Crippen molar-refractivity contribution < 1.29 is 9.18 Å². The van der Waals surface area contributed by atoms with Gasteiger partial charge in [-0.15, -0.1) is 0 Å². The molecule has 6 rings (SSSR count). The highest BCUT2D eigenvalue weighted by Gasteiger charge is 2.34. The van der Waals surface area contributed by atoms with Crippen LogP contribution in [-0.4, -0.2) is 50.7 Å². The molecule has 2 N–H and O–H groups in total. The zero-order valence-electron chi connectivity index (χ0n) is 18.7. The lowest BCUT2D eigenvalue weighted by atomic mass is 10.1. The van der Waals surface area contributed by atoms with Crippen LogP contribution in [0.15, 0.2) is 36.8 Å². The maximum absolute atomic E-state index is 14.5. The Labute approximate surface area is 190 Å². The van der Waals surface area contributed by atoms with Crippen molar-refractivity contribution in [2.45, 2.75) is 25.8 Å². The summed E-state index contributed by atoms with van der Waals surface area (Å²) >= 11 is 0. The van der Waals surface area contributed by atoms with E-state index in [0.29, 0.717) is 28.5 Å². The molecule has 33 heavy (non-hydrogen) atoms. The molecule has 4 aromatic rings. The van der Waals surface area contributed by atoms with Crippen LogP contribution in [-0.2, 0) is 7.05 Å². The van der Waals surface area contributed by atoms with Crippen molar-refractivity contribution >= 4 is 33.8 Å². The Hall–Kier alpha value is -3.46. The highest BCUT2D eigenvalue weighted by molar-refractivity contribution is 6.13. The minimum atomic E-state index is -0.483. The SMILES string of the molecule is Cc1cn2cc(NC(=O)c3ccc(N4CCN[C@@H](C5CC5)C4)c4cn(C)nc34)cc(F)c2n1. The molecule has 8 nitrogen and oxygen atoms in total. The van der Waals surface area contributed by atoms with Crippen LogP contribution >= 0.6 is 0 Å². The van der Waals surface area contributed by atoms with Gasteiger partial charge in [0.05, 0.1) is 16.9 Å². The third-order valence-corrected chi connectivity index (χ3v) is 6.63. The number of amides is 1. The summed E-state index contributed by atoms with van der Waals surface area (Å²) in [6, 6.07) is 5.65. The predicted octanol–water partition coefficient (Wildman–Crippen LogP) is 3.11. The predicted molar refractivity (Wildman–Crippen MR) is 125 cm³/mol. The van der Waals surface area contributed by atoms with Crippen LogP contribution in [0.3, 0.4) is 0 Å². The van der Waals surface area contributed by atoms with Crippen molar-refractivity contribution in [1.29, 1.82) is 0 Å². The number of carbonyl (C=O) groups excluding carboxylic acids is 1. The van der Waals surface area contributed by atoms with Gasteiger partial charge in [0.15, 0.2) is 11.5 Å². The van der Waals surface area contributed by atoms with Crippen LogP contribution in [0.2, 0.25) is 0 Å². The van der Waals surface area contributed by atoms with E-state index < -0.39 is 5.82 Å². The van der Waals surface area contributed by atoms with Crippen LogP contribution < -0.4 is 15.5 Å². The Balaban J connectivity index is 1.32. The number of nitrogens with zero attached hydrogens (tertiary/aromatic N) is 5. The van der Waals surface area contributed by atoms with Gasteiger partial charge in [0.2, 0.25) is 0 Å². The molecule has 0 bridgehead atoms. The molecule has 2 fully saturated rings. The Bertz CT molecular complexity index is 1390. The van der Waals surface area contributed by atoms with Crippen LogP contribution in [0.25, 0.3) is 16.6 Å². The number of carbonyl (C=O) groups is 1. The van der Waals surface area contributed by atoms with Crippen molar-refractivity contribution in [3.05, 3.63) is 53.9 Å². The first-order chi connectivity index (χ1) is 16.0. The van der Waals surface area contributed by atoms with Gasteiger partial charge in [0, 0.05) is 68.5 Å². The van der Waals surface area contributed by atoms with Gasteiger partial charge in [0.1, 0.15) is 5.52 Å². The van der Waals surface area contributed by atoms with Crippen molar-refractivity contribution in [3.63, 3.8) is 0 Å². The Kier molecular flexibility index (Phi) is 4.62. The molecule has 9 heteroatoms. The summed E-state index contributed by atoms with van der Waals surface area (Å²) < 4.78 is 17.8. The number of hydrogen-bond donors (Lipinski definition) is 2. The minimum Gasteiger partial charge on any atom is -0.368 e. The zero-order valence-corrected chi connectivity index (χ0v) is 18.7. The van der Waals surface area contributed by atoms with Gasteiger partial charge in [-0.05, 0) is 37.8 Å². The number of fused-ring (bicyclic) bond motifs is 2. The molecular formula is C24H26FN7O. The first-order valence-electron chi connectivity index (χ1n) is 11.4. The summed E-state index contributed by atoms with van der Waals surface area (Å²) in [5, 5.41) is 12.0. The van der Waals surface area contributed by atoms with Crippen molar-refractivity contribution in [2.24, 2.45) is 13.0 Å². The summed E-state index contributed by atoms with van der Waals surface area (Å²) in [6.07, 6.45) is 7.97. The standard InChI is InChI=1S/C24H26FN7O/c1-14-10-32-11-16(9-19(25)23(32)27-14)28-24(33)17-5-6-21(18-12-30(2)29-22(17)18)31-8-7-26-20(13-31)15-3-4-15/h5-6,9-12,15,20,26H,3-4,7-8,13H2,1-2H3,(H,28,33)/t20-/m1/s1. The Morgan fingerprint density at radius 1 is 1.24 bits per heavy atom.